The number of carbonyl (C=O) groups excluding carboxylic acids is 2. The van der Waals surface area contributed by atoms with E-state index in [4.69, 9.17) is 16.3 Å². The molecule has 0 bridgehead atoms. The van der Waals surface area contributed by atoms with Gasteiger partial charge in [-0.25, -0.2) is 4.79 Å². The van der Waals surface area contributed by atoms with Crippen molar-refractivity contribution in [3.8, 4) is 0 Å². The first-order valence-corrected chi connectivity index (χ1v) is 11.3. The monoisotopic (exact) mass is 473 g/mol. The molecule has 0 aliphatic carbocycles. The summed E-state index contributed by atoms with van der Waals surface area (Å²) in [4.78, 5) is 24.2. The Morgan fingerprint density at radius 2 is 1.97 bits per heavy atom. The summed E-state index contributed by atoms with van der Waals surface area (Å²) < 4.78 is 6.82. The number of rotatable bonds is 9. The van der Waals surface area contributed by atoms with Gasteiger partial charge >= 0.3 is 5.97 Å². The molecule has 0 saturated carbocycles. The van der Waals surface area contributed by atoms with E-state index in [0.717, 1.165) is 17.1 Å². The van der Waals surface area contributed by atoms with Crippen LogP contribution in [0.2, 0.25) is 5.02 Å². The molecule has 1 amide bonds. The number of aromatic nitrogens is 3. The average molecular weight is 474 g/mol. The highest BCUT2D eigenvalue weighted by Crippen LogP contribution is 2.21. The molecule has 1 aromatic heterocycles. The van der Waals surface area contributed by atoms with Crippen LogP contribution >= 0.6 is 23.4 Å². The fourth-order valence-corrected chi connectivity index (χ4v) is 3.68. The molecule has 0 aliphatic heterocycles. The van der Waals surface area contributed by atoms with E-state index in [1.54, 1.807) is 31.2 Å². The Kier molecular flexibility index (Phi) is 8.13. The largest absolute Gasteiger partial charge is 0.462 e. The van der Waals surface area contributed by atoms with E-state index in [1.807, 2.05) is 36.7 Å². The van der Waals surface area contributed by atoms with Crippen molar-refractivity contribution < 1.29 is 14.3 Å². The number of halogens is 1. The second-order valence-corrected chi connectivity index (χ2v) is 8.26. The van der Waals surface area contributed by atoms with Gasteiger partial charge in [-0.05, 0) is 49.7 Å². The van der Waals surface area contributed by atoms with Crippen molar-refractivity contribution in [1.29, 1.82) is 0 Å². The standard InChI is InChI=1S/C22H24ClN5O3S/c1-4-31-21(30)15-6-5-7-17(10-15)25-20(29)13-32-22-27-26-19(28(22)3)12-24-16-9-8-14(2)18(23)11-16/h5-11,24H,4,12-13H2,1-3H3,(H,25,29). The van der Waals surface area contributed by atoms with Crippen molar-refractivity contribution in [3.63, 3.8) is 0 Å². The molecule has 0 radical (unpaired) electrons. The number of nitrogens with zero attached hydrogens (tertiary/aromatic N) is 3. The summed E-state index contributed by atoms with van der Waals surface area (Å²) in [6.45, 7) is 4.45. The number of anilines is 2. The summed E-state index contributed by atoms with van der Waals surface area (Å²) in [7, 11) is 1.85. The van der Waals surface area contributed by atoms with Crippen molar-refractivity contribution in [2.24, 2.45) is 7.05 Å². The second-order valence-electron chi connectivity index (χ2n) is 6.91. The molecular formula is C22H24ClN5O3S. The Morgan fingerprint density at radius 3 is 2.72 bits per heavy atom. The van der Waals surface area contributed by atoms with E-state index < -0.39 is 5.97 Å². The molecule has 0 spiro atoms. The predicted molar refractivity (Wildman–Crippen MR) is 126 cm³/mol. The second kappa shape index (κ2) is 11.0. The third-order valence-electron chi connectivity index (χ3n) is 4.54. The van der Waals surface area contributed by atoms with Crippen molar-refractivity contribution >= 4 is 46.6 Å². The predicted octanol–water partition coefficient (Wildman–Crippen LogP) is 4.30. The lowest BCUT2D eigenvalue weighted by atomic mass is 10.2. The van der Waals surface area contributed by atoms with Gasteiger partial charge in [-0.3, -0.25) is 4.79 Å². The van der Waals surface area contributed by atoms with Crippen LogP contribution in [0.15, 0.2) is 47.6 Å². The van der Waals surface area contributed by atoms with Crippen molar-refractivity contribution in [1.82, 2.24) is 14.8 Å². The van der Waals surface area contributed by atoms with Gasteiger partial charge in [0, 0.05) is 23.4 Å². The molecule has 0 fully saturated rings. The lowest BCUT2D eigenvalue weighted by Crippen LogP contribution is -2.15. The first-order valence-electron chi connectivity index (χ1n) is 9.95. The molecular weight excluding hydrogens is 450 g/mol. The van der Waals surface area contributed by atoms with Gasteiger partial charge in [0.25, 0.3) is 0 Å². The molecule has 3 aromatic rings. The molecule has 1 heterocycles. The number of nitrogens with one attached hydrogen (secondary N) is 2. The van der Waals surface area contributed by atoms with Gasteiger partial charge in [0.2, 0.25) is 5.91 Å². The van der Waals surface area contributed by atoms with Crippen LogP contribution in [-0.2, 0) is 23.1 Å². The quantitative estimate of drug-likeness (QED) is 0.353. The number of ether oxygens (including phenoxy) is 1. The van der Waals surface area contributed by atoms with Gasteiger partial charge in [0.15, 0.2) is 11.0 Å². The lowest BCUT2D eigenvalue weighted by Gasteiger charge is -2.09. The molecule has 2 aromatic carbocycles. The molecule has 32 heavy (non-hydrogen) atoms. The van der Waals surface area contributed by atoms with Gasteiger partial charge in [-0.1, -0.05) is 35.5 Å². The number of hydrogen-bond acceptors (Lipinski definition) is 7. The van der Waals surface area contributed by atoms with Gasteiger partial charge in [-0.15, -0.1) is 10.2 Å². The smallest absolute Gasteiger partial charge is 0.338 e. The fraction of sp³-hybridized carbons (Fsp3) is 0.273. The average Bonchev–Trinajstić information content (AvgIpc) is 3.13. The summed E-state index contributed by atoms with van der Waals surface area (Å²) >= 11 is 7.44. The van der Waals surface area contributed by atoms with Crippen LogP contribution in [0, 0.1) is 6.92 Å². The molecule has 8 nitrogen and oxygen atoms in total. The van der Waals surface area contributed by atoms with E-state index in [1.165, 1.54) is 11.8 Å². The van der Waals surface area contributed by atoms with Crippen molar-refractivity contribution in [2.75, 3.05) is 23.0 Å². The maximum atomic E-state index is 12.4. The summed E-state index contributed by atoms with van der Waals surface area (Å²) in [5.41, 5.74) is 2.82. The highest BCUT2D eigenvalue weighted by molar-refractivity contribution is 7.99. The van der Waals surface area contributed by atoms with Gasteiger partial charge < -0.3 is 19.9 Å². The van der Waals surface area contributed by atoms with Crippen LogP contribution in [0.25, 0.3) is 0 Å². The van der Waals surface area contributed by atoms with E-state index in [9.17, 15) is 9.59 Å². The zero-order valence-corrected chi connectivity index (χ0v) is 19.6. The first-order chi connectivity index (χ1) is 15.4. The van der Waals surface area contributed by atoms with E-state index in [-0.39, 0.29) is 11.7 Å². The third kappa shape index (κ3) is 6.24. The zero-order valence-electron chi connectivity index (χ0n) is 18.0. The van der Waals surface area contributed by atoms with Gasteiger partial charge in [0.05, 0.1) is 24.5 Å². The maximum Gasteiger partial charge on any atom is 0.338 e. The Balaban J connectivity index is 1.53. The third-order valence-corrected chi connectivity index (χ3v) is 5.96. The highest BCUT2D eigenvalue weighted by atomic mass is 35.5. The normalized spacial score (nSPS) is 10.6. The molecule has 168 valence electrons. The SMILES string of the molecule is CCOC(=O)c1cccc(NC(=O)CSc2nnc(CNc3ccc(C)c(Cl)c3)n2C)c1. The molecule has 0 unspecified atom stereocenters. The number of benzene rings is 2. The van der Waals surface area contributed by atoms with Crippen LogP contribution in [0.3, 0.4) is 0 Å². The van der Waals surface area contributed by atoms with Crippen molar-refractivity contribution in [3.05, 3.63) is 64.4 Å². The Hall–Kier alpha value is -3.04. The van der Waals surface area contributed by atoms with Gasteiger partial charge in [0.1, 0.15) is 0 Å². The van der Waals surface area contributed by atoms with Crippen molar-refractivity contribution in [2.45, 2.75) is 25.5 Å². The Labute approximate surface area is 195 Å². The molecule has 3 rings (SSSR count). The van der Waals surface area contributed by atoms with Crippen LogP contribution in [-0.4, -0.2) is 39.0 Å². The van der Waals surface area contributed by atoms with Crippen LogP contribution < -0.4 is 10.6 Å². The number of carbonyl (C=O) groups is 2. The maximum absolute atomic E-state index is 12.4. The minimum atomic E-state index is -0.425. The van der Waals surface area contributed by atoms with E-state index in [0.29, 0.717) is 34.6 Å². The molecule has 2 N–H and O–H groups in total. The Morgan fingerprint density at radius 1 is 1.16 bits per heavy atom. The van der Waals surface area contributed by atoms with Crippen LogP contribution in [0.1, 0.15) is 28.7 Å². The molecule has 0 atom stereocenters. The van der Waals surface area contributed by atoms with Gasteiger partial charge in [-0.2, -0.15) is 0 Å². The molecule has 10 heteroatoms. The molecule has 0 aliphatic rings. The number of amides is 1. The summed E-state index contributed by atoms with van der Waals surface area (Å²) in [5, 5.41) is 15.7. The zero-order chi connectivity index (χ0) is 23.1. The molecule has 0 saturated heterocycles. The minimum absolute atomic E-state index is 0.149. The summed E-state index contributed by atoms with van der Waals surface area (Å²) in [5.74, 6) is 0.238. The lowest BCUT2D eigenvalue weighted by molar-refractivity contribution is -0.113. The topological polar surface area (TPSA) is 98.1 Å². The summed E-state index contributed by atoms with van der Waals surface area (Å²) in [6.07, 6.45) is 0. The number of thioether (sulfide) groups is 1. The van der Waals surface area contributed by atoms with Crippen LogP contribution in [0.4, 0.5) is 11.4 Å². The Bertz CT molecular complexity index is 1120. The van der Waals surface area contributed by atoms with E-state index >= 15 is 0 Å². The van der Waals surface area contributed by atoms with E-state index in [2.05, 4.69) is 20.8 Å². The summed E-state index contributed by atoms with van der Waals surface area (Å²) in [6, 6.07) is 12.4. The number of esters is 1. The van der Waals surface area contributed by atoms with Crippen LogP contribution in [0.5, 0.6) is 0 Å². The fourth-order valence-electron chi connectivity index (χ4n) is 2.77. The minimum Gasteiger partial charge on any atom is -0.462 e. The highest BCUT2D eigenvalue weighted by Gasteiger charge is 2.13. The number of hydrogen-bond donors (Lipinski definition) is 2. The first kappa shape index (κ1) is 23.6. The number of aryl methyl sites for hydroxylation is 1.